The molecule has 0 unspecified atom stereocenters. The van der Waals surface area contributed by atoms with Gasteiger partial charge in [-0.15, -0.1) is 0 Å². The summed E-state index contributed by atoms with van der Waals surface area (Å²) in [5, 5.41) is 12.7. The molecule has 0 saturated carbocycles. The third-order valence-electron chi connectivity index (χ3n) is 6.23. The molecule has 4 aromatic rings. The molecule has 0 amide bonds. The SMILES string of the molecule is O=C(O)C(F)(F)CN1CCc2c(cccc2Nc2ccc(Cl)c(-c3nc(-c4ccccc4)c[nH]3)c2)C1. The second-order valence-corrected chi connectivity index (χ2v) is 9.14. The van der Waals surface area contributed by atoms with Crippen LogP contribution in [0.5, 0.6) is 0 Å². The van der Waals surface area contributed by atoms with Gasteiger partial charge in [0.1, 0.15) is 5.82 Å². The van der Waals surface area contributed by atoms with E-state index in [0.29, 0.717) is 23.8 Å². The highest BCUT2D eigenvalue weighted by atomic mass is 35.5. The maximum absolute atomic E-state index is 13.7. The number of H-pyrrole nitrogens is 1. The largest absolute Gasteiger partial charge is 0.477 e. The molecule has 184 valence electrons. The quantitative estimate of drug-likeness (QED) is 0.276. The summed E-state index contributed by atoms with van der Waals surface area (Å²) in [4.78, 5) is 20.2. The predicted molar refractivity (Wildman–Crippen MR) is 136 cm³/mol. The molecule has 1 aliphatic heterocycles. The Morgan fingerprint density at radius 3 is 2.72 bits per heavy atom. The predicted octanol–water partition coefficient (Wildman–Crippen LogP) is 6.22. The van der Waals surface area contributed by atoms with Crippen LogP contribution in [0.15, 0.2) is 72.9 Å². The van der Waals surface area contributed by atoms with E-state index < -0.39 is 18.4 Å². The van der Waals surface area contributed by atoms with Crippen LogP contribution in [-0.4, -0.2) is 45.0 Å². The Kier molecular flexibility index (Phi) is 6.47. The molecule has 2 heterocycles. The van der Waals surface area contributed by atoms with E-state index in [1.165, 1.54) is 4.90 Å². The number of carboxylic acid groups (broad SMARTS) is 1. The van der Waals surface area contributed by atoms with Gasteiger partial charge >= 0.3 is 11.9 Å². The van der Waals surface area contributed by atoms with E-state index in [2.05, 4.69) is 10.3 Å². The molecule has 3 N–H and O–H groups in total. The van der Waals surface area contributed by atoms with Crippen LogP contribution < -0.4 is 5.32 Å². The highest BCUT2D eigenvalue weighted by molar-refractivity contribution is 6.33. The van der Waals surface area contributed by atoms with E-state index in [9.17, 15) is 13.6 Å². The molecule has 0 radical (unpaired) electrons. The number of benzene rings is 3. The van der Waals surface area contributed by atoms with Gasteiger partial charge in [0.15, 0.2) is 0 Å². The van der Waals surface area contributed by atoms with Gasteiger partial charge in [0, 0.05) is 41.8 Å². The molecule has 6 nitrogen and oxygen atoms in total. The molecule has 0 fully saturated rings. The van der Waals surface area contributed by atoms with Gasteiger partial charge in [0.05, 0.1) is 17.3 Å². The van der Waals surface area contributed by atoms with Crippen molar-refractivity contribution in [2.24, 2.45) is 0 Å². The molecule has 0 saturated heterocycles. The van der Waals surface area contributed by atoms with Crippen LogP contribution >= 0.6 is 11.6 Å². The second-order valence-electron chi connectivity index (χ2n) is 8.73. The van der Waals surface area contributed by atoms with E-state index in [1.807, 2.05) is 66.9 Å². The van der Waals surface area contributed by atoms with E-state index in [0.717, 1.165) is 39.3 Å². The Hall–Kier alpha value is -3.75. The van der Waals surface area contributed by atoms with Gasteiger partial charge in [0.2, 0.25) is 0 Å². The van der Waals surface area contributed by atoms with Gasteiger partial charge in [-0.25, -0.2) is 9.78 Å². The summed E-state index contributed by atoms with van der Waals surface area (Å²) >= 11 is 6.50. The van der Waals surface area contributed by atoms with E-state index in [-0.39, 0.29) is 6.54 Å². The fourth-order valence-corrected chi connectivity index (χ4v) is 4.63. The Labute approximate surface area is 211 Å². The van der Waals surface area contributed by atoms with Gasteiger partial charge in [-0.05, 0) is 41.8 Å². The standard InChI is InChI=1S/C27H23ClF2N4O2/c28-22-10-9-19(13-21(22)25-31-14-24(33-25)17-5-2-1-3-6-17)32-23-8-4-7-18-15-34(12-11-20(18)23)16-27(29,30)26(35)36/h1-10,13-14,32H,11-12,15-16H2,(H,31,33)(H,35,36). The van der Waals surface area contributed by atoms with Crippen molar-refractivity contribution in [3.8, 4) is 22.6 Å². The summed E-state index contributed by atoms with van der Waals surface area (Å²) in [6.07, 6.45) is 2.36. The summed E-state index contributed by atoms with van der Waals surface area (Å²) in [5.74, 6) is -5.23. The number of anilines is 2. The van der Waals surface area contributed by atoms with Crippen molar-refractivity contribution in [1.82, 2.24) is 14.9 Å². The first-order valence-corrected chi connectivity index (χ1v) is 11.8. The van der Waals surface area contributed by atoms with Crippen molar-refractivity contribution in [3.63, 3.8) is 0 Å². The van der Waals surface area contributed by atoms with Crippen molar-refractivity contribution in [2.45, 2.75) is 18.9 Å². The third-order valence-corrected chi connectivity index (χ3v) is 6.56. The molecule has 5 rings (SSSR count). The number of aromatic nitrogens is 2. The summed E-state index contributed by atoms with van der Waals surface area (Å²) in [6.45, 7) is -0.211. The maximum atomic E-state index is 13.7. The zero-order chi connectivity index (χ0) is 25.3. The maximum Gasteiger partial charge on any atom is 0.375 e. The fraction of sp³-hybridized carbons (Fsp3) is 0.185. The lowest BCUT2D eigenvalue weighted by molar-refractivity contribution is -0.167. The van der Waals surface area contributed by atoms with Crippen LogP contribution in [0.4, 0.5) is 20.2 Å². The zero-order valence-electron chi connectivity index (χ0n) is 19.1. The van der Waals surface area contributed by atoms with Gasteiger partial charge in [0.25, 0.3) is 0 Å². The minimum absolute atomic E-state index is 0.258. The highest BCUT2D eigenvalue weighted by Crippen LogP contribution is 2.34. The number of alkyl halides is 2. The number of halogens is 3. The Bertz CT molecular complexity index is 1410. The summed E-state index contributed by atoms with van der Waals surface area (Å²) in [7, 11) is 0. The lowest BCUT2D eigenvalue weighted by atomic mass is 9.97. The minimum Gasteiger partial charge on any atom is -0.477 e. The topological polar surface area (TPSA) is 81.2 Å². The monoisotopic (exact) mass is 508 g/mol. The molecular weight excluding hydrogens is 486 g/mol. The number of imidazole rings is 1. The Morgan fingerprint density at radius 1 is 1.14 bits per heavy atom. The first kappa shape index (κ1) is 24.0. The lowest BCUT2D eigenvalue weighted by Gasteiger charge is -2.31. The molecule has 0 bridgehead atoms. The number of aromatic amines is 1. The van der Waals surface area contributed by atoms with Gasteiger partial charge in [-0.1, -0.05) is 54.1 Å². The first-order chi connectivity index (χ1) is 17.3. The van der Waals surface area contributed by atoms with Crippen LogP contribution in [0.3, 0.4) is 0 Å². The molecule has 0 aliphatic carbocycles. The average molecular weight is 509 g/mol. The van der Waals surface area contributed by atoms with Crippen LogP contribution in [0.2, 0.25) is 5.02 Å². The number of nitrogens with zero attached hydrogens (tertiary/aromatic N) is 2. The number of fused-ring (bicyclic) bond motifs is 1. The van der Waals surface area contributed by atoms with Crippen LogP contribution in [0.1, 0.15) is 11.1 Å². The number of carboxylic acids is 1. The second kappa shape index (κ2) is 9.72. The molecule has 36 heavy (non-hydrogen) atoms. The third kappa shape index (κ3) is 4.96. The molecule has 1 aromatic heterocycles. The number of carbonyl (C=O) groups is 1. The zero-order valence-corrected chi connectivity index (χ0v) is 19.9. The van der Waals surface area contributed by atoms with Gasteiger partial charge in [-0.2, -0.15) is 8.78 Å². The number of nitrogens with one attached hydrogen (secondary N) is 2. The Balaban J connectivity index is 1.37. The van der Waals surface area contributed by atoms with Crippen molar-refractivity contribution < 1.29 is 18.7 Å². The summed E-state index contributed by atoms with van der Waals surface area (Å²) in [5.41, 5.74) is 6.14. The first-order valence-electron chi connectivity index (χ1n) is 11.4. The summed E-state index contributed by atoms with van der Waals surface area (Å²) < 4.78 is 27.4. The fourth-order valence-electron chi connectivity index (χ4n) is 4.42. The molecule has 1 aliphatic rings. The number of hydrogen-bond donors (Lipinski definition) is 3. The van der Waals surface area contributed by atoms with Gasteiger partial charge < -0.3 is 15.4 Å². The van der Waals surface area contributed by atoms with E-state index in [4.69, 9.17) is 21.7 Å². The van der Waals surface area contributed by atoms with Crippen molar-refractivity contribution >= 4 is 28.9 Å². The molecule has 0 atom stereocenters. The summed E-state index contributed by atoms with van der Waals surface area (Å²) in [6, 6.07) is 21.1. The van der Waals surface area contributed by atoms with E-state index >= 15 is 0 Å². The van der Waals surface area contributed by atoms with E-state index in [1.54, 1.807) is 6.07 Å². The van der Waals surface area contributed by atoms with Crippen LogP contribution in [-0.2, 0) is 17.8 Å². The van der Waals surface area contributed by atoms with Crippen LogP contribution in [0.25, 0.3) is 22.6 Å². The highest BCUT2D eigenvalue weighted by Gasteiger charge is 2.41. The normalized spacial score (nSPS) is 13.9. The van der Waals surface area contributed by atoms with Crippen molar-refractivity contribution in [2.75, 3.05) is 18.4 Å². The molecular formula is C27H23ClF2N4O2. The minimum atomic E-state index is -3.78. The average Bonchev–Trinajstić information content (AvgIpc) is 3.36. The lowest BCUT2D eigenvalue weighted by Crippen LogP contribution is -2.44. The molecule has 3 aromatic carbocycles. The number of rotatable bonds is 7. The van der Waals surface area contributed by atoms with Crippen molar-refractivity contribution in [1.29, 1.82) is 0 Å². The smallest absolute Gasteiger partial charge is 0.375 e. The van der Waals surface area contributed by atoms with Gasteiger partial charge in [-0.3, -0.25) is 4.90 Å². The number of aliphatic carboxylic acids is 1. The van der Waals surface area contributed by atoms with Crippen molar-refractivity contribution in [3.05, 3.63) is 89.1 Å². The molecule has 0 spiro atoms. The van der Waals surface area contributed by atoms with Crippen LogP contribution in [0, 0.1) is 0 Å². The Morgan fingerprint density at radius 2 is 1.94 bits per heavy atom. The number of hydrogen-bond acceptors (Lipinski definition) is 4. The molecule has 9 heteroatoms.